The Morgan fingerprint density at radius 2 is 2.14 bits per heavy atom. The zero-order chi connectivity index (χ0) is 20.3. The smallest absolute Gasteiger partial charge is 0.340 e. The maximum Gasteiger partial charge on any atom is 0.340 e. The SMILES string of the molecule is COC(=O)CC1CCCCC1=CCc1c(C#N)c2c(c(C)c1OC)COC2=O. The Bertz CT molecular complexity index is 878. The highest BCUT2D eigenvalue weighted by molar-refractivity contribution is 5.97. The van der Waals surface area contributed by atoms with Gasteiger partial charge in [-0.05, 0) is 44.1 Å². The van der Waals surface area contributed by atoms with Gasteiger partial charge < -0.3 is 14.2 Å². The number of rotatable bonds is 5. The molecule has 0 saturated heterocycles. The molecule has 0 aromatic heterocycles. The first kappa shape index (κ1) is 19.9. The van der Waals surface area contributed by atoms with Gasteiger partial charge in [0, 0.05) is 11.1 Å². The lowest BCUT2D eigenvalue weighted by molar-refractivity contribution is -0.141. The molecule has 1 heterocycles. The molecular formula is C22H25NO5. The predicted octanol–water partition coefficient (Wildman–Crippen LogP) is 3.77. The van der Waals surface area contributed by atoms with E-state index in [1.165, 1.54) is 12.7 Å². The van der Waals surface area contributed by atoms with Crippen LogP contribution in [0.2, 0.25) is 0 Å². The molecule has 1 aromatic carbocycles. The van der Waals surface area contributed by atoms with Crippen molar-refractivity contribution in [1.82, 2.24) is 0 Å². The lowest BCUT2D eigenvalue weighted by Gasteiger charge is -2.25. The number of nitrogens with zero attached hydrogens (tertiary/aromatic N) is 1. The van der Waals surface area contributed by atoms with E-state index >= 15 is 0 Å². The van der Waals surface area contributed by atoms with E-state index in [0.29, 0.717) is 35.3 Å². The van der Waals surface area contributed by atoms with Crippen LogP contribution in [-0.4, -0.2) is 26.2 Å². The summed E-state index contributed by atoms with van der Waals surface area (Å²) in [7, 11) is 2.98. The van der Waals surface area contributed by atoms with Crippen LogP contribution >= 0.6 is 0 Å². The lowest BCUT2D eigenvalue weighted by atomic mass is 9.81. The quantitative estimate of drug-likeness (QED) is 0.568. The molecule has 1 aromatic rings. The monoisotopic (exact) mass is 383 g/mol. The van der Waals surface area contributed by atoms with Gasteiger partial charge in [0.05, 0.1) is 31.8 Å². The van der Waals surface area contributed by atoms with Crippen LogP contribution in [0.15, 0.2) is 11.6 Å². The summed E-state index contributed by atoms with van der Waals surface area (Å²) in [4.78, 5) is 23.9. The van der Waals surface area contributed by atoms with E-state index in [1.807, 2.05) is 6.92 Å². The standard InChI is InChI=1S/C22H25NO5/c1-13-18-12-28-22(25)20(18)17(11-23)16(21(13)27-3)9-8-14-6-4-5-7-15(14)10-19(24)26-2/h8,15H,4-7,9-10,12H2,1-3H3. The second-order valence-electron chi connectivity index (χ2n) is 7.26. The van der Waals surface area contributed by atoms with Crippen LogP contribution in [0.1, 0.15) is 64.7 Å². The summed E-state index contributed by atoms with van der Waals surface area (Å²) in [6.45, 7) is 2.06. The van der Waals surface area contributed by atoms with Crippen molar-refractivity contribution in [1.29, 1.82) is 5.26 Å². The average Bonchev–Trinajstić information content (AvgIpc) is 3.09. The van der Waals surface area contributed by atoms with Gasteiger partial charge in [0.2, 0.25) is 0 Å². The highest BCUT2D eigenvalue weighted by Gasteiger charge is 2.32. The number of cyclic esters (lactones) is 1. The fourth-order valence-corrected chi connectivity index (χ4v) is 4.31. The van der Waals surface area contributed by atoms with Crippen molar-refractivity contribution in [3.63, 3.8) is 0 Å². The Kier molecular flexibility index (Phi) is 6.03. The largest absolute Gasteiger partial charge is 0.496 e. The summed E-state index contributed by atoms with van der Waals surface area (Å²) in [6.07, 6.45) is 7.01. The summed E-state index contributed by atoms with van der Waals surface area (Å²) >= 11 is 0. The van der Waals surface area contributed by atoms with Crippen molar-refractivity contribution in [3.8, 4) is 11.8 Å². The van der Waals surface area contributed by atoms with E-state index in [4.69, 9.17) is 14.2 Å². The fourth-order valence-electron chi connectivity index (χ4n) is 4.31. The molecular weight excluding hydrogens is 358 g/mol. The zero-order valence-corrected chi connectivity index (χ0v) is 16.6. The van der Waals surface area contributed by atoms with Crippen LogP contribution in [0.25, 0.3) is 0 Å². The Morgan fingerprint density at radius 3 is 2.82 bits per heavy atom. The second kappa shape index (κ2) is 8.47. The van der Waals surface area contributed by atoms with E-state index in [1.54, 1.807) is 7.11 Å². The molecule has 1 unspecified atom stereocenters. The minimum atomic E-state index is -0.451. The first-order valence-electron chi connectivity index (χ1n) is 9.57. The van der Waals surface area contributed by atoms with Crippen LogP contribution in [0.3, 0.4) is 0 Å². The van der Waals surface area contributed by atoms with E-state index in [2.05, 4.69) is 12.1 Å². The van der Waals surface area contributed by atoms with Crippen molar-refractivity contribution in [2.24, 2.45) is 5.92 Å². The van der Waals surface area contributed by atoms with E-state index in [9.17, 15) is 14.9 Å². The van der Waals surface area contributed by atoms with E-state index in [-0.39, 0.29) is 18.5 Å². The second-order valence-corrected chi connectivity index (χ2v) is 7.26. The molecule has 3 rings (SSSR count). The number of esters is 2. The molecule has 6 nitrogen and oxygen atoms in total. The van der Waals surface area contributed by atoms with Crippen molar-refractivity contribution in [2.75, 3.05) is 14.2 Å². The predicted molar refractivity (Wildman–Crippen MR) is 102 cm³/mol. The van der Waals surface area contributed by atoms with Gasteiger partial charge in [-0.15, -0.1) is 0 Å². The van der Waals surface area contributed by atoms with Gasteiger partial charge >= 0.3 is 11.9 Å². The molecule has 1 fully saturated rings. The van der Waals surface area contributed by atoms with Crippen LogP contribution in [-0.2, 0) is 27.3 Å². The number of fused-ring (bicyclic) bond motifs is 1. The van der Waals surface area contributed by atoms with Gasteiger partial charge in [-0.2, -0.15) is 5.26 Å². The van der Waals surface area contributed by atoms with Crippen molar-refractivity contribution >= 4 is 11.9 Å². The first-order valence-corrected chi connectivity index (χ1v) is 9.57. The number of benzene rings is 1. The third kappa shape index (κ3) is 3.62. The minimum absolute atomic E-state index is 0.165. The number of ether oxygens (including phenoxy) is 3. The molecule has 0 N–H and O–H groups in total. The highest BCUT2D eigenvalue weighted by Crippen LogP contribution is 2.39. The van der Waals surface area contributed by atoms with Crippen LogP contribution in [0, 0.1) is 24.2 Å². The topological polar surface area (TPSA) is 85.6 Å². The average molecular weight is 383 g/mol. The Hall–Kier alpha value is -2.81. The molecule has 6 heteroatoms. The molecule has 1 aliphatic carbocycles. The number of nitriles is 1. The number of methoxy groups -OCH3 is 2. The fraction of sp³-hybridized carbons (Fsp3) is 0.500. The Morgan fingerprint density at radius 1 is 1.36 bits per heavy atom. The summed E-state index contributed by atoms with van der Waals surface area (Å²) in [6, 6.07) is 2.18. The molecule has 0 spiro atoms. The van der Waals surface area contributed by atoms with Gasteiger partial charge in [-0.3, -0.25) is 4.79 Å². The Labute approximate surface area is 165 Å². The molecule has 1 atom stereocenters. The summed E-state index contributed by atoms with van der Waals surface area (Å²) < 4.78 is 15.6. The molecule has 0 radical (unpaired) electrons. The third-order valence-corrected chi connectivity index (χ3v) is 5.79. The Balaban J connectivity index is 1.99. The van der Waals surface area contributed by atoms with Gasteiger partial charge in [0.25, 0.3) is 0 Å². The molecule has 0 bridgehead atoms. The van der Waals surface area contributed by atoms with Crippen LogP contribution in [0.4, 0.5) is 0 Å². The van der Waals surface area contributed by atoms with Gasteiger partial charge in [0.1, 0.15) is 18.4 Å². The molecule has 28 heavy (non-hydrogen) atoms. The van der Waals surface area contributed by atoms with Gasteiger partial charge in [-0.1, -0.05) is 18.1 Å². The summed E-state index contributed by atoms with van der Waals surface area (Å²) in [5.41, 5.74) is 4.18. The normalized spacial score (nSPS) is 19.7. The minimum Gasteiger partial charge on any atom is -0.496 e. The number of allylic oxidation sites excluding steroid dienone is 2. The number of hydrogen-bond donors (Lipinski definition) is 0. The van der Waals surface area contributed by atoms with Crippen molar-refractivity contribution < 1.29 is 23.8 Å². The third-order valence-electron chi connectivity index (χ3n) is 5.79. The molecule has 1 saturated carbocycles. The zero-order valence-electron chi connectivity index (χ0n) is 16.6. The maximum absolute atomic E-state index is 12.2. The maximum atomic E-state index is 12.2. The molecule has 148 valence electrons. The number of hydrogen-bond acceptors (Lipinski definition) is 6. The van der Waals surface area contributed by atoms with Crippen LogP contribution < -0.4 is 4.74 Å². The van der Waals surface area contributed by atoms with Crippen molar-refractivity contribution in [3.05, 3.63) is 39.5 Å². The van der Waals surface area contributed by atoms with Gasteiger partial charge in [0.15, 0.2) is 0 Å². The first-order chi connectivity index (χ1) is 13.5. The highest BCUT2D eigenvalue weighted by atomic mass is 16.5. The number of carbonyl (C=O) groups is 2. The number of carbonyl (C=O) groups excluding carboxylic acids is 2. The van der Waals surface area contributed by atoms with Crippen LogP contribution in [0.5, 0.6) is 5.75 Å². The van der Waals surface area contributed by atoms with Gasteiger partial charge in [-0.25, -0.2) is 4.79 Å². The molecule has 2 aliphatic rings. The van der Waals surface area contributed by atoms with Crippen molar-refractivity contribution in [2.45, 2.75) is 52.1 Å². The molecule has 1 aliphatic heterocycles. The van der Waals surface area contributed by atoms with E-state index < -0.39 is 5.97 Å². The lowest BCUT2D eigenvalue weighted by Crippen LogP contribution is -2.16. The van der Waals surface area contributed by atoms with E-state index in [0.717, 1.165) is 36.8 Å². The summed E-state index contributed by atoms with van der Waals surface area (Å²) in [5, 5.41) is 9.76. The summed E-state index contributed by atoms with van der Waals surface area (Å²) in [5.74, 6) is 0.139. The molecule has 0 amide bonds.